The van der Waals surface area contributed by atoms with E-state index >= 15 is 9.13 Å². The molecule has 0 bridgehead atoms. The van der Waals surface area contributed by atoms with Crippen molar-refractivity contribution in [1.82, 2.24) is 30.4 Å². The fourth-order valence-corrected chi connectivity index (χ4v) is 11.6. The standard InChI is InChI=1S/C41H63N6O21P3/c1-51-36-7-6-35(5-4-34-32-37(52-2)40(53-3)38(33-34)60-69(48,63-42-8-20-54-21-9-42)64-43-10-22-55-23-11-43)39(61-70(49,65-44-12-24-56-25-13-44)66-45-14-26-57-27-15-45)41(36)62-71(50,67-46-16-28-58-29-17-46)68-47-18-30-59-31-19-47/h4-7,32-33H,8-31H2,1-3H3/b5-4-. The Morgan fingerprint density at radius 3 is 1.04 bits per heavy atom. The van der Waals surface area contributed by atoms with E-state index in [1.165, 1.54) is 63.8 Å². The fourth-order valence-electron chi connectivity index (χ4n) is 7.44. The van der Waals surface area contributed by atoms with E-state index in [1.807, 2.05) is 0 Å². The number of benzene rings is 2. The molecule has 27 nitrogen and oxygen atoms in total. The van der Waals surface area contributed by atoms with E-state index in [9.17, 15) is 4.57 Å². The molecule has 0 amide bonds. The van der Waals surface area contributed by atoms with Crippen LogP contribution < -0.4 is 27.8 Å². The second-order valence-corrected chi connectivity index (χ2v) is 20.2. The van der Waals surface area contributed by atoms with Crippen molar-refractivity contribution >= 4 is 35.6 Å². The Kier molecular flexibility index (Phi) is 20.2. The lowest BCUT2D eigenvalue weighted by Crippen LogP contribution is -2.39. The number of hydroxylamine groups is 12. The fraction of sp³-hybridized carbons (Fsp3) is 0.659. The summed E-state index contributed by atoms with van der Waals surface area (Å²) in [6, 6.07) is 6.28. The summed E-state index contributed by atoms with van der Waals surface area (Å²) in [6.07, 6.45) is 3.19. The summed E-state index contributed by atoms with van der Waals surface area (Å²) in [7, 11) is -9.81. The molecule has 6 heterocycles. The van der Waals surface area contributed by atoms with Crippen molar-refractivity contribution in [3.63, 3.8) is 0 Å². The van der Waals surface area contributed by atoms with Gasteiger partial charge in [-0.05, 0) is 29.8 Å². The first-order valence-corrected chi connectivity index (χ1v) is 27.6. The minimum Gasteiger partial charge on any atom is -0.493 e. The third-order valence-electron chi connectivity index (χ3n) is 11.0. The van der Waals surface area contributed by atoms with Crippen LogP contribution in [-0.4, -0.2) is 210 Å². The lowest BCUT2D eigenvalue weighted by molar-refractivity contribution is -0.179. The largest absolute Gasteiger partial charge is 0.564 e. The highest BCUT2D eigenvalue weighted by Gasteiger charge is 2.44. The van der Waals surface area contributed by atoms with Gasteiger partial charge in [0.15, 0.2) is 23.0 Å². The second kappa shape index (κ2) is 26.4. The Morgan fingerprint density at radius 1 is 0.380 bits per heavy atom. The molecule has 6 fully saturated rings. The molecule has 30 heteroatoms. The van der Waals surface area contributed by atoms with Gasteiger partial charge < -0.3 is 56.2 Å². The topological polar surface area (TPSA) is 237 Å². The minimum absolute atomic E-state index is 0.0177. The summed E-state index contributed by atoms with van der Waals surface area (Å²) >= 11 is 0. The lowest BCUT2D eigenvalue weighted by Gasteiger charge is -2.34. The molecule has 0 N–H and O–H groups in total. The van der Waals surface area contributed by atoms with Crippen LogP contribution in [0.2, 0.25) is 0 Å². The van der Waals surface area contributed by atoms with Crippen LogP contribution >= 0.6 is 23.5 Å². The van der Waals surface area contributed by atoms with Crippen LogP contribution in [0.1, 0.15) is 11.1 Å². The van der Waals surface area contributed by atoms with Gasteiger partial charge in [0.2, 0.25) is 11.5 Å². The third-order valence-corrected chi connectivity index (χ3v) is 14.8. The Labute approximate surface area is 411 Å². The number of hydrogen-bond acceptors (Lipinski definition) is 27. The van der Waals surface area contributed by atoms with Crippen LogP contribution in [0.3, 0.4) is 0 Å². The van der Waals surface area contributed by atoms with Gasteiger partial charge in [-0.2, -0.15) is 58.1 Å². The van der Waals surface area contributed by atoms with Gasteiger partial charge in [-0.3, -0.25) is 0 Å². The number of hydrogen-bond donors (Lipinski definition) is 0. The number of nitrogens with zero attached hydrogens (tertiary/aromatic N) is 6. The van der Waals surface area contributed by atoms with E-state index < -0.39 is 23.5 Å². The van der Waals surface area contributed by atoms with Crippen LogP contribution in [0.4, 0.5) is 0 Å². The maximum absolute atomic E-state index is 15.3. The first-order valence-electron chi connectivity index (χ1n) is 23.2. The van der Waals surface area contributed by atoms with E-state index in [4.69, 9.17) is 83.9 Å². The molecule has 0 aliphatic carbocycles. The predicted molar refractivity (Wildman–Crippen MR) is 247 cm³/mol. The highest BCUT2D eigenvalue weighted by molar-refractivity contribution is 7.49. The lowest BCUT2D eigenvalue weighted by atomic mass is 10.1. The predicted octanol–water partition coefficient (Wildman–Crippen LogP) is 3.93. The number of ether oxygens (including phenoxy) is 9. The van der Waals surface area contributed by atoms with Crippen LogP contribution in [0.5, 0.6) is 34.5 Å². The van der Waals surface area contributed by atoms with Crippen molar-refractivity contribution in [3.05, 3.63) is 35.4 Å². The summed E-state index contributed by atoms with van der Waals surface area (Å²) in [5, 5.41) is 8.61. The van der Waals surface area contributed by atoms with E-state index in [0.717, 1.165) is 0 Å². The summed E-state index contributed by atoms with van der Waals surface area (Å²) in [6.45, 7) is 6.75. The van der Waals surface area contributed by atoms with Crippen LogP contribution in [0, 0.1) is 0 Å². The molecule has 6 aliphatic rings. The molecule has 0 unspecified atom stereocenters. The average molecular weight is 1070 g/mol. The van der Waals surface area contributed by atoms with E-state index in [0.29, 0.717) is 84.6 Å². The molecule has 6 aliphatic heterocycles. The molecule has 0 saturated carbocycles. The molecule has 0 spiro atoms. The van der Waals surface area contributed by atoms with E-state index in [2.05, 4.69) is 0 Å². The molecule has 398 valence electrons. The average Bonchev–Trinajstić information content (AvgIpc) is 3.37. The Morgan fingerprint density at radius 2 is 0.704 bits per heavy atom. The van der Waals surface area contributed by atoms with Gasteiger partial charge in [0.25, 0.3) is 0 Å². The van der Waals surface area contributed by atoms with E-state index in [-0.39, 0.29) is 119 Å². The van der Waals surface area contributed by atoms with Gasteiger partial charge >= 0.3 is 23.5 Å². The van der Waals surface area contributed by atoms with Crippen molar-refractivity contribution < 1.29 is 97.6 Å². The maximum Gasteiger partial charge on any atom is 0.564 e. The summed E-state index contributed by atoms with van der Waals surface area (Å²) in [5.41, 5.74) is 0.580. The maximum atomic E-state index is 15.3. The number of rotatable bonds is 23. The zero-order valence-electron chi connectivity index (χ0n) is 40.0. The van der Waals surface area contributed by atoms with Gasteiger partial charge in [-0.25, -0.2) is 13.7 Å². The molecule has 6 saturated heterocycles. The van der Waals surface area contributed by atoms with Gasteiger partial charge in [-0.15, -0.1) is 0 Å². The van der Waals surface area contributed by atoms with Crippen LogP contribution in [0.15, 0.2) is 24.3 Å². The molecule has 0 aromatic heterocycles. The van der Waals surface area contributed by atoms with Crippen molar-refractivity contribution in [2.24, 2.45) is 0 Å². The molecule has 71 heavy (non-hydrogen) atoms. The van der Waals surface area contributed by atoms with Crippen molar-refractivity contribution in [3.8, 4) is 34.5 Å². The minimum atomic E-state index is -4.77. The Bertz CT molecular complexity index is 2110. The molecular weight excluding hydrogens is 1010 g/mol. The zero-order valence-corrected chi connectivity index (χ0v) is 42.7. The van der Waals surface area contributed by atoms with Gasteiger partial charge in [0.05, 0.1) is 101 Å². The molecule has 2 aromatic carbocycles. The second-order valence-electron chi connectivity index (χ2n) is 16.0. The van der Waals surface area contributed by atoms with Crippen LogP contribution in [0.25, 0.3) is 12.2 Å². The van der Waals surface area contributed by atoms with Crippen LogP contribution in [-0.2, 0) is 69.9 Å². The molecule has 0 atom stereocenters. The van der Waals surface area contributed by atoms with Crippen molar-refractivity contribution in [2.75, 3.05) is 179 Å². The normalized spacial score (nSPS) is 21.6. The molecule has 2 aromatic rings. The highest BCUT2D eigenvalue weighted by atomic mass is 31.2. The number of methoxy groups -OCH3 is 3. The summed E-state index contributed by atoms with van der Waals surface area (Å²) < 4.78 is 151. The Balaban J connectivity index is 1.20. The highest BCUT2D eigenvalue weighted by Crippen LogP contribution is 2.61. The Hall–Kier alpha value is -3.05. The van der Waals surface area contributed by atoms with Crippen molar-refractivity contribution in [2.45, 2.75) is 0 Å². The van der Waals surface area contributed by atoms with Crippen molar-refractivity contribution in [1.29, 1.82) is 0 Å². The molecular formula is C41H63N6O21P3. The third kappa shape index (κ3) is 15.7. The first-order chi connectivity index (χ1) is 34.5. The zero-order chi connectivity index (χ0) is 49.5. The number of morpholine rings is 6. The van der Waals surface area contributed by atoms with Gasteiger partial charge in [0.1, 0.15) is 0 Å². The summed E-state index contributed by atoms with van der Waals surface area (Å²) in [4.78, 5) is 0. The quantitative estimate of drug-likeness (QED) is 0.113. The van der Waals surface area contributed by atoms with Gasteiger partial charge in [0, 0.05) is 84.1 Å². The van der Waals surface area contributed by atoms with E-state index in [1.54, 1.807) is 24.3 Å². The molecule has 8 rings (SSSR count). The summed E-state index contributed by atoms with van der Waals surface area (Å²) in [5.74, 6) is -0.447. The van der Waals surface area contributed by atoms with Gasteiger partial charge in [-0.1, -0.05) is 12.2 Å². The number of phosphoric acid groups is 3. The first kappa shape index (κ1) is 54.2. The monoisotopic (exact) mass is 1070 g/mol. The molecule has 0 radical (unpaired) electrons. The SMILES string of the molecule is COc1cc(/C=C\c2ccc(OC)c(OP(=O)(ON3CCOCC3)ON3CCOCC3)c2OP(=O)(ON2CCOCC2)ON2CCOCC2)cc(OP(=O)(ON2CCOCC2)ON2CCOCC2)c1OC. The smallest absolute Gasteiger partial charge is 0.493 e.